The van der Waals surface area contributed by atoms with Crippen LogP contribution in [-0.2, 0) is 4.79 Å². The van der Waals surface area contributed by atoms with E-state index in [1.165, 1.54) is 6.42 Å². The number of rotatable bonds is 3. The highest BCUT2D eigenvalue weighted by atomic mass is 16.2. The quantitative estimate of drug-likeness (QED) is 0.736. The molecule has 3 atom stereocenters. The van der Waals surface area contributed by atoms with Crippen molar-refractivity contribution in [1.82, 2.24) is 4.90 Å². The molecule has 1 saturated heterocycles. The molecule has 1 amide bonds. The van der Waals surface area contributed by atoms with Crippen LogP contribution in [0.1, 0.15) is 32.1 Å². The van der Waals surface area contributed by atoms with Crippen LogP contribution in [0.2, 0.25) is 0 Å². The first kappa shape index (κ1) is 11.6. The summed E-state index contributed by atoms with van der Waals surface area (Å²) >= 11 is 0. The van der Waals surface area contributed by atoms with Crippen LogP contribution in [0.5, 0.6) is 0 Å². The van der Waals surface area contributed by atoms with E-state index in [1.807, 2.05) is 11.0 Å². The molecule has 2 fully saturated rings. The number of nitrogens with two attached hydrogens (primary N) is 1. The van der Waals surface area contributed by atoms with Crippen LogP contribution in [0.3, 0.4) is 0 Å². The topological polar surface area (TPSA) is 46.3 Å². The Labute approximate surface area is 97.7 Å². The van der Waals surface area contributed by atoms with E-state index < -0.39 is 0 Å². The summed E-state index contributed by atoms with van der Waals surface area (Å²) in [5.41, 5.74) is 5.98. The Morgan fingerprint density at radius 2 is 2.12 bits per heavy atom. The average molecular weight is 222 g/mol. The van der Waals surface area contributed by atoms with Crippen molar-refractivity contribution in [2.45, 2.75) is 38.1 Å². The van der Waals surface area contributed by atoms with Gasteiger partial charge in [-0.05, 0) is 37.5 Å². The van der Waals surface area contributed by atoms with Crippen molar-refractivity contribution in [3.8, 4) is 0 Å². The average Bonchev–Trinajstić information content (AvgIpc) is 2.68. The molecule has 2 rings (SSSR count). The molecule has 2 N–H and O–H groups in total. The summed E-state index contributed by atoms with van der Waals surface area (Å²) in [4.78, 5) is 13.9. The number of nitrogens with zero attached hydrogens (tertiary/aromatic N) is 1. The lowest BCUT2D eigenvalue weighted by molar-refractivity contribution is -0.130. The lowest BCUT2D eigenvalue weighted by Gasteiger charge is -2.27. The Balaban J connectivity index is 1.86. The van der Waals surface area contributed by atoms with Crippen molar-refractivity contribution < 1.29 is 4.79 Å². The van der Waals surface area contributed by atoms with Gasteiger partial charge in [0.15, 0.2) is 0 Å². The summed E-state index contributed by atoms with van der Waals surface area (Å²) in [6.45, 7) is 5.56. The number of hydrogen-bond donors (Lipinski definition) is 1. The molecule has 0 aromatic carbocycles. The van der Waals surface area contributed by atoms with Crippen LogP contribution in [0.25, 0.3) is 0 Å². The second-order valence-electron chi connectivity index (χ2n) is 5.22. The number of carbonyl (C=O) groups excluding carboxylic acids is 1. The fraction of sp³-hybridized carbons (Fsp3) is 0.769. The van der Waals surface area contributed by atoms with Gasteiger partial charge in [-0.25, -0.2) is 0 Å². The molecule has 0 bridgehead atoms. The van der Waals surface area contributed by atoms with Crippen molar-refractivity contribution in [2.24, 2.45) is 17.6 Å². The molecule has 3 heteroatoms. The number of amides is 1. The summed E-state index contributed by atoms with van der Waals surface area (Å²) in [6, 6.07) is 0.365. The minimum atomic E-state index is 0.294. The van der Waals surface area contributed by atoms with Crippen LogP contribution in [-0.4, -0.2) is 29.9 Å². The van der Waals surface area contributed by atoms with Gasteiger partial charge in [0, 0.05) is 25.6 Å². The Hall–Kier alpha value is -0.830. The van der Waals surface area contributed by atoms with Gasteiger partial charge in [0.1, 0.15) is 0 Å². The van der Waals surface area contributed by atoms with Crippen LogP contribution < -0.4 is 5.73 Å². The van der Waals surface area contributed by atoms with Crippen molar-refractivity contribution in [2.75, 3.05) is 13.1 Å². The van der Waals surface area contributed by atoms with Gasteiger partial charge in [0.25, 0.3) is 0 Å². The highest BCUT2D eigenvalue weighted by Crippen LogP contribution is 2.35. The molecule has 0 radical (unpaired) electrons. The van der Waals surface area contributed by atoms with E-state index in [4.69, 9.17) is 5.73 Å². The van der Waals surface area contributed by atoms with Gasteiger partial charge in [-0.2, -0.15) is 0 Å². The number of likely N-dealkylation sites (tertiary alicyclic amines) is 1. The van der Waals surface area contributed by atoms with E-state index in [2.05, 4.69) is 6.58 Å². The zero-order valence-corrected chi connectivity index (χ0v) is 9.90. The summed E-state index contributed by atoms with van der Waals surface area (Å²) in [7, 11) is 0. The van der Waals surface area contributed by atoms with Crippen LogP contribution in [0.15, 0.2) is 12.7 Å². The maximum absolute atomic E-state index is 11.9. The molecule has 0 aromatic heterocycles. The van der Waals surface area contributed by atoms with Crippen LogP contribution >= 0.6 is 0 Å². The van der Waals surface area contributed by atoms with E-state index in [-0.39, 0.29) is 0 Å². The number of hydrogen-bond acceptors (Lipinski definition) is 2. The first-order chi connectivity index (χ1) is 7.70. The minimum absolute atomic E-state index is 0.294. The molecule has 90 valence electrons. The van der Waals surface area contributed by atoms with E-state index in [9.17, 15) is 4.79 Å². The zero-order valence-electron chi connectivity index (χ0n) is 9.90. The standard InChI is InChI=1S/C13H22N2O/c1-2-3-4-13(16)15-8-10-5-6-12(14)7-11(10)9-15/h2,10-12H,1,3-9,14H2/t10-,11+,12?/m1/s1. The SMILES string of the molecule is C=CCCC(=O)N1C[C@H]2CCC(N)C[C@H]2C1. The fourth-order valence-corrected chi connectivity index (χ4v) is 3.05. The van der Waals surface area contributed by atoms with Gasteiger partial charge in [-0.3, -0.25) is 4.79 Å². The molecule has 1 aliphatic carbocycles. The molecule has 1 aliphatic heterocycles. The third-order valence-corrected chi connectivity index (χ3v) is 4.01. The van der Waals surface area contributed by atoms with E-state index >= 15 is 0 Å². The molecule has 1 heterocycles. The second kappa shape index (κ2) is 5.00. The fourth-order valence-electron chi connectivity index (χ4n) is 3.05. The van der Waals surface area contributed by atoms with Crippen molar-refractivity contribution in [3.63, 3.8) is 0 Å². The number of allylic oxidation sites excluding steroid dienone is 1. The lowest BCUT2D eigenvalue weighted by atomic mass is 9.79. The Bertz CT molecular complexity index is 277. The van der Waals surface area contributed by atoms with Gasteiger partial charge in [0.05, 0.1) is 0 Å². The molecule has 1 unspecified atom stereocenters. The van der Waals surface area contributed by atoms with Gasteiger partial charge in [-0.15, -0.1) is 6.58 Å². The molecule has 0 aromatic rings. The predicted molar refractivity (Wildman–Crippen MR) is 64.8 cm³/mol. The Kier molecular flexibility index (Phi) is 3.64. The molecule has 0 spiro atoms. The van der Waals surface area contributed by atoms with Crippen molar-refractivity contribution in [3.05, 3.63) is 12.7 Å². The van der Waals surface area contributed by atoms with Gasteiger partial charge in [-0.1, -0.05) is 6.08 Å². The highest BCUT2D eigenvalue weighted by molar-refractivity contribution is 5.76. The zero-order chi connectivity index (χ0) is 11.5. The predicted octanol–water partition coefficient (Wildman–Crippen LogP) is 1.54. The largest absolute Gasteiger partial charge is 0.342 e. The molecule has 16 heavy (non-hydrogen) atoms. The molecular weight excluding hydrogens is 200 g/mol. The third-order valence-electron chi connectivity index (χ3n) is 4.01. The summed E-state index contributed by atoms with van der Waals surface area (Å²) in [5, 5.41) is 0. The summed E-state index contributed by atoms with van der Waals surface area (Å²) in [6.07, 6.45) is 6.68. The summed E-state index contributed by atoms with van der Waals surface area (Å²) in [5.74, 6) is 1.67. The summed E-state index contributed by atoms with van der Waals surface area (Å²) < 4.78 is 0. The molecular formula is C13H22N2O. The Morgan fingerprint density at radius 1 is 1.38 bits per heavy atom. The first-order valence-electron chi connectivity index (χ1n) is 6.35. The van der Waals surface area contributed by atoms with Crippen LogP contribution in [0.4, 0.5) is 0 Å². The maximum Gasteiger partial charge on any atom is 0.222 e. The Morgan fingerprint density at radius 3 is 2.88 bits per heavy atom. The maximum atomic E-state index is 11.9. The molecule has 2 aliphatic rings. The van der Waals surface area contributed by atoms with Crippen molar-refractivity contribution in [1.29, 1.82) is 0 Å². The van der Waals surface area contributed by atoms with Gasteiger partial charge in [0.2, 0.25) is 5.91 Å². The number of carbonyl (C=O) groups is 1. The second-order valence-corrected chi connectivity index (χ2v) is 5.22. The molecule has 3 nitrogen and oxygen atoms in total. The van der Waals surface area contributed by atoms with E-state index in [0.717, 1.165) is 32.4 Å². The lowest BCUT2D eigenvalue weighted by Crippen LogP contribution is -2.32. The normalized spacial score (nSPS) is 33.6. The van der Waals surface area contributed by atoms with E-state index in [1.54, 1.807) is 0 Å². The highest BCUT2D eigenvalue weighted by Gasteiger charge is 2.38. The third kappa shape index (κ3) is 2.46. The van der Waals surface area contributed by atoms with Crippen molar-refractivity contribution >= 4 is 5.91 Å². The van der Waals surface area contributed by atoms with Gasteiger partial charge >= 0.3 is 0 Å². The minimum Gasteiger partial charge on any atom is -0.342 e. The number of fused-ring (bicyclic) bond motifs is 1. The van der Waals surface area contributed by atoms with Gasteiger partial charge < -0.3 is 10.6 Å². The smallest absolute Gasteiger partial charge is 0.222 e. The van der Waals surface area contributed by atoms with E-state index in [0.29, 0.717) is 30.2 Å². The monoisotopic (exact) mass is 222 g/mol. The van der Waals surface area contributed by atoms with Crippen LogP contribution in [0, 0.1) is 11.8 Å². The first-order valence-corrected chi connectivity index (χ1v) is 6.35. The molecule has 1 saturated carbocycles.